The zero-order valence-electron chi connectivity index (χ0n) is 9.45. The van der Waals surface area contributed by atoms with Crippen molar-refractivity contribution in [2.75, 3.05) is 20.3 Å². The fourth-order valence-corrected chi connectivity index (χ4v) is 2.13. The molecule has 0 unspecified atom stereocenters. The zero-order chi connectivity index (χ0) is 11.3. The fraction of sp³-hybridized carbons (Fsp3) is 0.545. The van der Waals surface area contributed by atoms with Gasteiger partial charge in [-0.3, -0.25) is 4.79 Å². The lowest BCUT2D eigenvalue weighted by atomic mass is 10.3. The van der Waals surface area contributed by atoms with E-state index in [1.807, 2.05) is 12.3 Å². The van der Waals surface area contributed by atoms with Crippen LogP contribution in [0.2, 0.25) is 0 Å². The molecular weight excluding hydrogens is 210 g/mol. The standard InChI is InChI=1S/C11H17NO2S/c1-4-14-8-11(13)12(3)7-10-9(2)5-6-15-10/h5-6H,4,7-8H2,1-3H3. The molecule has 1 aromatic rings. The molecule has 1 aromatic heterocycles. The third-order valence-electron chi connectivity index (χ3n) is 2.20. The van der Waals surface area contributed by atoms with Crippen LogP contribution in [0.3, 0.4) is 0 Å². The van der Waals surface area contributed by atoms with Crippen molar-refractivity contribution in [3.63, 3.8) is 0 Å². The summed E-state index contributed by atoms with van der Waals surface area (Å²) in [6.07, 6.45) is 0. The van der Waals surface area contributed by atoms with Gasteiger partial charge in [0.1, 0.15) is 6.61 Å². The van der Waals surface area contributed by atoms with E-state index in [4.69, 9.17) is 4.74 Å². The van der Waals surface area contributed by atoms with Gasteiger partial charge in [-0.2, -0.15) is 0 Å². The van der Waals surface area contributed by atoms with Crippen molar-refractivity contribution in [2.45, 2.75) is 20.4 Å². The zero-order valence-corrected chi connectivity index (χ0v) is 10.3. The molecule has 0 spiro atoms. The van der Waals surface area contributed by atoms with Gasteiger partial charge in [-0.25, -0.2) is 0 Å². The van der Waals surface area contributed by atoms with Crippen LogP contribution >= 0.6 is 11.3 Å². The molecule has 1 amide bonds. The largest absolute Gasteiger partial charge is 0.372 e. The van der Waals surface area contributed by atoms with E-state index in [1.54, 1.807) is 23.3 Å². The lowest BCUT2D eigenvalue weighted by Crippen LogP contribution is -2.29. The Balaban J connectivity index is 2.45. The lowest BCUT2D eigenvalue weighted by Gasteiger charge is -2.16. The second-order valence-corrected chi connectivity index (χ2v) is 4.41. The first-order valence-electron chi connectivity index (χ1n) is 4.99. The Kier molecular flexibility index (Phi) is 4.78. The van der Waals surface area contributed by atoms with Crippen LogP contribution in [0.1, 0.15) is 17.4 Å². The fourth-order valence-electron chi connectivity index (χ4n) is 1.17. The third-order valence-corrected chi connectivity index (χ3v) is 3.21. The van der Waals surface area contributed by atoms with Crippen molar-refractivity contribution >= 4 is 17.2 Å². The molecule has 0 radical (unpaired) electrons. The summed E-state index contributed by atoms with van der Waals surface area (Å²) in [4.78, 5) is 14.5. The normalized spacial score (nSPS) is 10.3. The van der Waals surface area contributed by atoms with E-state index in [1.165, 1.54) is 10.4 Å². The SMILES string of the molecule is CCOCC(=O)N(C)Cc1sccc1C. The van der Waals surface area contributed by atoms with Crippen LogP contribution in [0.15, 0.2) is 11.4 Å². The molecule has 84 valence electrons. The van der Waals surface area contributed by atoms with Crippen LogP contribution < -0.4 is 0 Å². The van der Waals surface area contributed by atoms with Gasteiger partial charge < -0.3 is 9.64 Å². The molecule has 0 saturated heterocycles. The van der Waals surface area contributed by atoms with Crippen molar-refractivity contribution in [3.8, 4) is 0 Å². The molecule has 0 N–H and O–H groups in total. The highest BCUT2D eigenvalue weighted by atomic mass is 32.1. The molecular formula is C11H17NO2S. The van der Waals surface area contributed by atoms with Gasteiger partial charge in [-0.1, -0.05) is 0 Å². The van der Waals surface area contributed by atoms with Crippen molar-refractivity contribution in [2.24, 2.45) is 0 Å². The maximum atomic E-state index is 11.5. The number of carbonyl (C=O) groups is 1. The number of aryl methyl sites for hydroxylation is 1. The van der Waals surface area contributed by atoms with Crippen molar-refractivity contribution in [1.82, 2.24) is 4.90 Å². The maximum Gasteiger partial charge on any atom is 0.248 e. The highest BCUT2D eigenvalue weighted by Crippen LogP contribution is 2.17. The number of amides is 1. The van der Waals surface area contributed by atoms with Crippen LogP contribution in [0.5, 0.6) is 0 Å². The molecule has 0 aromatic carbocycles. The van der Waals surface area contributed by atoms with Crippen LogP contribution in [-0.2, 0) is 16.1 Å². The van der Waals surface area contributed by atoms with E-state index in [0.717, 1.165) is 0 Å². The van der Waals surface area contributed by atoms with Gasteiger partial charge in [0, 0.05) is 18.5 Å². The first-order valence-corrected chi connectivity index (χ1v) is 5.87. The monoisotopic (exact) mass is 227 g/mol. The van der Waals surface area contributed by atoms with E-state index in [-0.39, 0.29) is 12.5 Å². The predicted octanol–water partition coefficient (Wildman–Crippen LogP) is 2.05. The Bertz CT molecular complexity index is 322. The van der Waals surface area contributed by atoms with Gasteiger partial charge in [-0.15, -0.1) is 11.3 Å². The number of nitrogens with zero attached hydrogens (tertiary/aromatic N) is 1. The minimum atomic E-state index is 0.0321. The summed E-state index contributed by atoms with van der Waals surface area (Å²) in [6.45, 7) is 5.38. The average Bonchev–Trinajstić information content (AvgIpc) is 2.61. The Hall–Kier alpha value is -0.870. The molecule has 0 atom stereocenters. The Morgan fingerprint density at radius 2 is 2.33 bits per heavy atom. The summed E-state index contributed by atoms with van der Waals surface area (Å²) in [7, 11) is 1.81. The molecule has 3 nitrogen and oxygen atoms in total. The molecule has 1 rings (SSSR count). The molecule has 1 heterocycles. The molecule has 0 aliphatic rings. The maximum absolute atomic E-state index is 11.5. The number of hydrogen-bond acceptors (Lipinski definition) is 3. The third kappa shape index (κ3) is 3.64. The van der Waals surface area contributed by atoms with E-state index >= 15 is 0 Å². The summed E-state index contributed by atoms with van der Waals surface area (Å²) in [5.41, 5.74) is 1.25. The molecule has 4 heteroatoms. The molecule has 0 fully saturated rings. The number of carbonyl (C=O) groups excluding carboxylic acids is 1. The topological polar surface area (TPSA) is 29.5 Å². The van der Waals surface area contributed by atoms with Gasteiger partial charge in [0.15, 0.2) is 0 Å². The summed E-state index contributed by atoms with van der Waals surface area (Å²) < 4.78 is 5.08. The van der Waals surface area contributed by atoms with Crippen LogP contribution in [0.4, 0.5) is 0 Å². The minimum absolute atomic E-state index is 0.0321. The molecule has 15 heavy (non-hydrogen) atoms. The van der Waals surface area contributed by atoms with E-state index < -0.39 is 0 Å². The second kappa shape index (κ2) is 5.88. The molecule has 0 aliphatic heterocycles. The van der Waals surface area contributed by atoms with E-state index in [0.29, 0.717) is 13.2 Å². The van der Waals surface area contributed by atoms with Crippen LogP contribution in [0.25, 0.3) is 0 Å². The molecule has 0 saturated carbocycles. The average molecular weight is 227 g/mol. The van der Waals surface area contributed by atoms with Gasteiger partial charge >= 0.3 is 0 Å². The molecule has 0 aliphatic carbocycles. The van der Waals surface area contributed by atoms with Crippen molar-refractivity contribution in [3.05, 3.63) is 21.9 Å². The number of ether oxygens (including phenoxy) is 1. The summed E-state index contributed by atoms with van der Waals surface area (Å²) in [5, 5.41) is 2.05. The van der Waals surface area contributed by atoms with Gasteiger partial charge in [-0.05, 0) is 30.9 Å². The number of rotatable bonds is 5. The summed E-state index contributed by atoms with van der Waals surface area (Å²) >= 11 is 1.68. The smallest absolute Gasteiger partial charge is 0.248 e. The van der Waals surface area contributed by atoms with Crippen LogP contribution in [-0.4, -0.2) is 31.1 Å². The minimum Gasteiger partial charge on any atom is -0.372 e. The van der Waals surface area contributed by atoms with Crippen molar-refractivity contribution < 1.29 is 9.53 Å². The highest BCUT2D eigenvalue weighted by molar-refractivity contribution is 7.10. The predicted molar refractivity (Wildman–Crippen MR) is 62.0 cm³/mol. The first-order chi connectivity index (χ1) is 7.15. The Morgan fingerprint density at radius 3 is 2.87 bits per heavy atom. The van der Waals surface area contributed by atoms with Gasteiger partial charge in [0.25, 0.3) is 0 Å². The van der Waals surface area contributed by atoms with Crippen molar-refractivity contribution in [1.29, 1.82) is 0 Å². The Labute approximate surface area is 94.7 Å². The highest BCUT2D eigenvalue weighted by Gasteiger charge is 2.10. The van der Waals surface area contributed by atoms with E-state index in [9.17, 15) is 4.79 Å². The van der Waals surface area contributed by atoms with Crippen LogP contribution in [0, 0.1) is 6.92 Å². The summed E-state index contributed by atoms with van der Waals surface area (Å²) in [5.74, 6) is 0.0321. The number of thiophene rings is 1. The van der Waals surface area contributed by atoms with Gasteiger partial charge in [0.2, 0.25) is 5.91 Å². The summed E-state index contributed by atoms with van der Waals surface area (Å²) in [6, 6.07) is 2.07. The second-order valence-electron chi connectivity index (χ2n) is 3.41. The number of likely N-dealkylation sites (N-methyl/N-ethyl adjacent to an activating group) is 1. The van der Waals surface area contributed by atoms with Gasteiger partial charge in [0.05, 0.1) is 6.54 Å². The first kappa shape index (κ1) is 12.2. The lowest BCUT2D eigenvalue weighted by molar-refractivity contribution is -0.135. The quantitative estimate of drug-likeness (QED) is 0.770. The van der Waals surface area contributed by atoms with E-state index in [2.05, 4.69) is 13.0 Å². The number of hydrogen-bond donors (Lipinski definition) is 0. The Morgan fingerprint density at radius 1 is 1.60 bits per heavy atom. The molecule has 0 bridgehead atoms.